The van der Waals surface area contributed by atoms with Gasteiger partial charge in [0.1, 0.15) is 0 Å². The van der Waals surface area contributed by atoms with Crippen LogP contribution in [0, 0.1) is 12.8 Å². The summed E-state index contributed by atoms with van der Waals surface area (Å²) in [5.41, 5.74) is 3.33. The van der Waals surface area contributed by atoms with E-state index in [0.29, 0.717) is 12.5 Å². The molecule has 1 saturated carbocycles. The number of hydrogen-bond acceptors (Lipinski definition) is 3. The van der Waals surface area contributed by atoms with Crippen LogP contribution in [0.1, 0.15) is 43.7 Å². The molecule has 1 amide bonds. The predicted octanol–water partition coefficient (Wildman–Crippen LogP) is 3.14. The van der Waals surface area contributed by atoms with Crippen LogP contribution in [0.2, 0.25) is 0 Å². The van der Waals surface area contributed by atoms with E-state index in [9.17, 15) is 4.79 Å². The van der Waals surface area contributed by atoms with Crippen LogP contribution < -0.4 is 0 Å². The molecule has 0 N–H and O–H groups in total. The van der Waals surface area contributed by atoms with Gasteiger partial charge in [-0.05, 0) is 32.3 Å². The van der Waals surface area contributed by atoms with Gasteiger partial charge in [0.2, 0.25) is 5.91 Å². The van der Waals surface area contributed by atoms with Gasteiger partial charge in [-0.3, -0.25) is 4.79 Å². The van der Waals surface area contributed by atoms with Crippen LogP contribution >= 0.6 is 0 Å². The van der Waals surface area contributed by atoms with E-state index in [1.54, 1.807) is 0 Å². The van der Waals surface area contributed by atoms with Crippen LogP contribution in [0.5, 0.6) is 0 Å². The van der Waals surface area contributed by atoms with E-state index in [-0.39, 0.29) is 12.0 Å². The van der Waals surface area contributed by atoms with Gasteiger partial charge in [0.15, 0.2) is 6.10 Å². The van der Waals surface area contributed by atoms with E-state index in [4.69, 9.17) is 4.84 Å². The van der Waals surface area contributed by atoms with Crippen molar-refractivity contribution in [1.82, 2.24) is 4.90 Å². The Bertz CT molecular complexity index is 561. The van der Waals surface area contributed by atoms with E-state index in [1.165, 1.54) is 12.0 Å². The number of carbonyl (C=O) groups excluding carboxylic acids is 1. The summed E-state index contributed by atoms with van der Waals surface area (Å²) in [5, 5.41) is 4.22. The van der Waals surface area contributed by atoms with Gasteiger partial charge in [-0.15, -0.1) is 0 Å². The van der Waals surface area contributed by atoms with Crippen molar-refractivity contribution in [3.8, 4) is 0 Å². The number of rotatable bonds is 5. The molecule has 0 saturated heterocycles. The van der Waals surface area contributed by atoms with Crippen LogP contribution in [0.4, 0.5) is 0 Å². The summed E-state index contributed by atoms with van der Waals surface area (Å²) >= 11 is 0. The highest BCUT2D eigenvalue weighted by Crippen LogP contribution is 2.28. The van der Waals surface area contributed by atoms with Gasteiger partial charge in [-0.2, -0.15) is 0 Å². The zero-order chi connectivity index (χ0) is 15.5. The lowest BCUT2D eigenvalue weighted by Crippen LogP contribution is -2.42. The first kappa shape index (κ1) is 15.1. The molecule has 1 fully saturated rings. The molecule has 0 radical (unpaired) electrons. The van der Waals surface area contributed by atoms with Gasteiger partial charge in [0.05, 0.1) is 12.3 Å². The molecule has 118 valence electrons. The van der Waals surface area contributed by atoms with Crippen molar-refractivity contribution < 1.29 is 9.63 Å². The smallest absolute Gasteiger partial charge is 0.225 e. The number of hydrogen-bond donors (Lipinski definition) is 0. The summed E-state index contributed by atoms with van der Waals surface area (Å²) in [7, 11) is 0. The van der Waals surface area contributed by atoms with Gasteiger partial charge in [-0.1, -0.05) is 41.4 Å². The van der Waals surface area contributed by atoms with Crippen molar-refractivity contribution in [2.45, 2.75) is 45.6 Å². The fraction of sp³-hybridized carbons (Fsp3) is 0.556. The highest BCUT2D eigenvalue weighted by Gasteiger charge is 2.32. The molecule has 4 heteroatoms. The van der Waals surface area contributed by atoms with Crippen molar-refractivity contribution in [3.63, 3.8) is 0 Å². The maximum Gasteiger partial charge on any atom is 0.225 e. The van der Waals surface area contributed by atoms with E-state index in [2.05, 4.69) is 36.3 Å². The molecule has 1 aliphatic heterocycles. The fourth-order valence-electron chi connectivity index (χ4n) is 2.98. The number of oxime groups is 1. The molecule has 0 spiro atoms. The van der Waals surface area contributed by atoms with Crippen molar-refractivity contribution >= 4 is 11.6 Å². The highest BCUT2D eigenvalue weighted by molar-refractivity contribution is 6.01. The fourth-order valence-corrected chi connectivity index (χ4v) is 2.98. The van der Waals surface area contributed by atoms with Crippen molar-refractivity contribution in [3.05, 3.63) is 35.4 Å². The second-order valence-electron chi connectivity index (χ2n) is 6.34. The Morgan fingerprint density at radius 1 is 1.32 bits per heavy atom. The maximum atomic E-state index is 12.4. The molecule has 1 aromatic carbocycles. The average Bonchev–Trinajstić information content (AvgIpc) is 2.92. The zero-order valence-corrected chi connectivity index (χ0v) is 13.4. The minimum absolute atomic E-state index is 0.0136. The van der Waals surface area contributed by atoms with Gasteiger partial charge in [0, 0.05) is 18.9 Å². The van der Waals surface area contributed by atoms with E-state index in [1.807, 2.05) is 11.8 Å². The van der Waals surface area contributed by atoms with Crippen molar-refractivity contribution in [2.24, 2.45) is 11.1 Å². The molecule has 0 unspecified atom stereocenters. The topological polar surface area (TPSA) is 41.9 Å². The Kier molecular flexibility index (Phi) is 4.46. The minimum atomic E-state index is -0.0136. The second-order valence-corrected chi connectivity index (χ2v) is 6.34. The maximum absolute atomic E-state index is 12.4. The molecule has 3 rings (SSSR count). The average molecular weight is 300 g/mol. The molecule has 4 nitrogen and oxygen atoms in total. The zero-order valence-electron chi connectivity index (χ0n) is 13.4. The van der Waals surface area contributed by atoms with E-state index >= 15 is 0 Å². The van der Waals surface area contributed by atoms with Gasteiger partial charge < -0.3 is 9.74 Å². The molecule has 1 aliphatic carbocycles. The highest BCUT2D eigenvalue weighted by atomic mass is 16.6. The Morgan fingerprint density at radius 3 is 2.64 bits per heavy atom. The Balaban J connectivity index is 1.56. The van der Waals surface area contributed by atoms with Crippen molar-refractivity contribution in [1.29, 1.82) is 0 Å². The molecule has 2 aliphatic rings. The van der Waals surface area contributed by atoms with E-state index < -0.39 is 0 Å². The summed E-state index contributed by atoms with van der Waals surface area (Å²) in [5.74, 6) is 0.542. The minimum Gasteiger partial charge on any atom is -0.390 e. The summed E-state index contributed by atoms with van der Waals surface area (Å²) < 4.78 is 0. The quantitative estimate of drug-likeness (QED) is 0.838. The molecule has 1 aromatic rings. The third-order valence-corrected chi connectivity index (χ3v) is 4.69. The molecule has 1 atom stereocenters. The lowest BCUT2D eigenvalue weighted by Gasteiger charge is -2.31. The standard InChI is InChI=1S/C18H24N2O2/c1-3-20(18(21)15-5-4-6-15)12-16-11-17(19-22-16)14-9-7-13(2)8-10-14/h7-10,15-16H,3-6,11-12H2,1-2H3/t16-/m1/s1. The number of likely N-dealkylation sites (N-methyl/N-ethyl adjacent to an activating group) is 1. The summed E-state index contributed by atoms with van der Waals surface area (Å²) in [6.07, 6.45) is 4.05. The summed E-state index contributed by atoms with van der Waals surface area (Å²) in [6.45, 7) is 5.50. The summed E-state index contributed by atoms with van der Waals surface area (Å²) in [4.78, 5) is 19.9. The van der Waals surface area contributed by atoms with Crippen LogP contribution in [-0.2, 0) is 9.63 Å². The number of carbonyl (C=O) groups is 1. The third kappa shape index (κ3) is 3.16. The SMILES string of the molecule is CCN(C[C@H]1CC(c2ccc(C)cc2)=NO1)C(=O)C1CCC1. The number of benzene rings is 1. The largest absolute Gasteiger partial charge is 0.390 e. The first-order valence-electron chi connectivity index (χ1n) is 8.26. The van der Waals surface area contributed by atoms with Crippen LogP contribution in [-0.4, -0.2) is 35.7 Å². The second kappa shape index (κ2) is 6.51. The van der Waals surface area contributed by atoms with Gasteiger partial charge in [-0.25, -0.2) is 0 Å². The predicted molar refractivity (Wildman–Crippen MR) is 86.8 cm³/mol. The Morgan fingerprint density at radius 2 is 2.05 bits per heavy atom. The Labute approximate surface area is 132 Å². The van der Waals surface area contributed by atoms with Gasteiger partial charge in [0.25, 0.3) is 0 Å². The van der Waals surface area contributed by atoms with Crippen LogP contribution in [0.3, 0.4) is 0 Å². The first-order valence-corrected chi connectivity index (χ1v) is 8.26. The molecule has 0 aromatic heterocycles. The van der Waals surface area contributed by atoms with Crippen LogP contribution in [0.25, 0.3) is 0 Å². The molecule has 0 bridgehead atoms. The monoisotopic (exact) mass is 300 g/mol. The third-order valence-electron chi connectivity index (χ3n) is 4.69. The number of aryl methyl sites for hydroxylation is 1. The summed E-state index contributed by atoms with van der Waals surface area (Å²) in [6, 6.07) is 8.33. The van der Waals surface area contributed by atoms with Crippen molar-refractivity contribution in [2.75, 3.05) is 13.1 Å². The Hall–Kier alpha value is -1.84. The first-order chi connectivity index (χ1) is 10.7. The number of nitrogens with zero attached hydrogens (tertiary/aromatic N) is 2. The lowest BCUT2D eigenvalue weighted by atomic mass is 9.84. The molecule has 22 heavy (non-hydrogen) atoms. The van der Waals surface area contributed by atoms with Gasteiger partial charge >= 0.3 is 0 Å². The molecular weight excluding hydrogens is 276 g/mol. The van der Waals surface area contributed by atoms with E-state index in [0.717, 1.165) is 37.1 Å². The molecule has 1 heterocycles. The molecular formula is C18H24N2O2. The number of amides is 1. The lowest BCUT2D eigenvalue weighted by molar-refractivity contribution is -0.139. The normalized spacial score (nSPS) is 21.0. The van der Waals surface area contributed by atoms with Crippen LogP contribution in [0.15, 0.2) is 29.4 Å².